The van der Waals surface area contributed by atoms with Crippen molar-refractivity contribution in [3.63, 3.8) is 0 Å². The highest BCUT2D eigenvalue weighted by Crippen LogP contribution is 2.19. The molecule has 2 aliphatic rings. The number of nitrogens with zero attached hydrogens (tertiary/aromatic N) is 7. The van der Waals surface area contributed by atoms with E-state index in [0.717, 1.165) is 74.5 Å². The monoisotopic (exact) mass is 405 g/mol. The summed E-state index contributed by atoms with van der Waals surface area (Å²) in [6.07, 6.45) is 3.56. The first-order valence-corrected chi connectivity index (χ1v) is 9.23. The molecule has 9 heteroatoms. The highest BCUT2D eigenvalue weighted by atomic mass is 79.9. The number of halogens is 1. The molecule has 25 heavy (non-hydrogen) atoms. The van der Waals surface area contributed by atoms with E-state index in [1.165, 1.54) is 0 Å². The summed E-state index contributed by atoms with van der Waals surface area (Å²) in [4.78, 5) is 15.4. The van der Waals surface area contributed by atoms with Gasteiger partial charge < -0.3 is 19.4 Å². The fourth-order valence-electron chi connectivity index (χ4n) is 3.05. The Balaban J connectivity index is 1.36. The Bertz CT molecular complexity index is 683. The van der Waals surface area contributed by atoms with E-state index in [4.69, 9.17) is 4.74 Å². The van der Waals surface area contributed by atoms with E-state index in [-0.39, 0.29) is 0 Å². The van der Waals surface area contributed by atoms with E-state index in [1.807, 2.05) is 0 Å². The molecular formula is C16H20BrN7O. The van der Waals surface area contributed by atoms with Gasteiger partial charge in [-0.3, -0.25) is 0 Å². The lowest BCUT2D eigenvalue weighted by Crippen LogP contribution is -2.47. The molecule has 8 nitrogen and oxygen atoms in total. The Hall–Kier alpha value is -2.00. The van der Waals surface area contributed by atoms with Gasteiger partial charge >= 0.3 is 0 Å². The van der Waals surface area contributed by atoms with Gasteiger partial charge in [0.15, 0.2) is 11.6 Å². The van der Waals surface area contributed by atoms with E-state index < -0.39 is 0 Å². The average molecular weight is 406 g/mol. The highest BCUT2D eigenvalue weighted by molar-refractivity contribution is 9.10. The van der Waals surface area contributed by atoms with Gasteiger partial charge in [-0.2, -0.15) is 0 Å². The number of hydrogen-bond acceptors (Lipinski definition) is 8. The molecule has 0 bridgehead atoms. The van der Waals surface area contributed by atoms with Gasteiger partial charge in [-0.1, -0.05) is 0 Å². The number of hydrogen-bond donors (Lipinski definition) is 0. The average Bonchev–Trinajstić information content (AvgIpc) is 2.70. The summed E-state index contributed by atoms with van der Waals surface area (Å²) >= 11 is 3.37. The van der Waals surface area contributed by atoms with Crippen LogP contribution >= 0.6 is 15.9 Å². The molecule has 0 unspecified atom stereocenters. The van der Waals surface area contributed by atoms with Crippen LogP contribution in [0.15, 0.2) is 29.0 Å². The number of anilines is 3. The van der Waals surface area contributed by atoms with Crippen molar-refractivity contribution in [1.29, 1.82) is 0 Å². The van der Waals surface area contributed by atoms with Crippen molar-refractivity contribution in [3.05, 3.63) is 29.0 Å². The molecule has 0 amide bonds. The van der Waals surface area contributed by atoms with Gasteiger partial charge in [0.25, 0.3) is 0 Å². The molecule has 2 fully saturated rings. The Morgan fingerprint density at radius 1 is 0.760 bits per heavy atom. The van der Waals surface area contributed by atoms with Gasteiger partial charge in [-0.05, 0) is 28.1 Å². The fourth-order valence-corrected chi connectivity index (χ4v) is 3.26. The molecule has 4 rings (SSSR count). The van der Waals surface area contributed by atoms with E-state index in [9.17, 15) is 0 Å². The molecule has 0 spiro atoms. The van der Waals surface area contributed by atoms with Gasteiger partial charge in [0.1, 0.15) is 0 Å². The topological polar surface area (TPSA) is 70.5 Å². The summed E-state index contributed by atoms with van der Waals surface area (Å²) in [6, 6.07) is 4.11. The van der Waals surface area contributed by atoms with Gasteiger partial charge in [-0.25, -0.2) is 9.97 Å². The van der Waals surface area contributed by atoms with Crippen molar-refractivity contribution in [2.24, 2.45) is 0 Å². The summed E-state index contributed by atoms with van der Waals surface area (Å²) in [7, 11) is 0. The van der Waals surface area contributed by atoms with Crippen LogP contribution in [0.2, 0.25) is 0 Å². The molecule has 0 saturated carbocycles. The van der Waals surface area contributed by atoms with Gasteiger partial charge in [0, 0.05) is 51.7 Å². The molecule has 2 aliphatic heterocycles. The number of piperazine rings is 1. The van der Waals surface area contributed by atoms with Crippen LogP contribution in [-0.4, -0.2) is 72.6 Å². The molecule has 132 valence electrons. The molecule has 0 aliphatic carbocycles. The first-order chi connectivity index (χ1) is 12.3. The molecule has 0 atom stereocenters. The standard InChI is InChI=1S/C16H20BrN7O/c17-13-11-18-16(19-12-13)24-5-3-22(4-6-24)14-1-2-15(21-20-14)23-7-9-25-10-8-23/h1-2,11-12H,3-10H2. The Morgan fingerprint density at radius 3 is 1.84 bits per heavy atom. The van der Waals surface area contributed by atoms with Gasteiger partial charge in [0.05, 0.1) is 17.7 Å². The Labute approximate surface area is 155 Å². The molecule has 0 N–H and O–H groups in total. The van der Waals surface area contributed by atoms with E-state index in [0.29, 0.717) is 0 Å². The maximum absolute atomic E-state index is 5.38. The Kier molecular flexibility index (Phi) is 4.93. The molecule has 2 saturated heterocycles. The predicted molar refractivity (Wildman–Crippen MR) is 99.2 cm³/mol. The van der Waals surface area contributed by atoms with Crippen LogP contribution in [0.5, 0.6) is 0 Å². The van der Waals surface area contributed by atoms with Crippen molar-refractivity contribution in [2.45, 2.75) is 0 Å². The largest absolute Gasteiger partial charge is 0.378 e. The Morgan fingerprint density at radius 2 is 1.28 bits per heavy atom. The lowest BCUT2D eigenvalue weighted by molar-refractivity contribution is 0.122. The SMILES string of the molecule is Brc1cnc(N2CCN(c3ccc(N4CCOCC4)nn3)CC2)nc1. The molecule has 0 radical (unpaired) electrons. The highest BCUT2D eigenvalue weighted by Gasteiger charge is 2.21. The minimum absolute atomic E-state index is 0.753. The van der Waals surface area contributed by atoms with Crippen LogP contribution in [0.1, 0.15) is 0 Å². The molecule has 2 aromatic rings. The maximum Gasteiger partial charge on any atom is 0.225 e. The quantitative estimate of drug-likeness (QED) is 0.753. The third-order valence-corrected chi connectivity index (χ3v) is 4.87. The number of ether oxygens (including phenoxy) is 1. The number of rotatable bonds is 3. The van der Waals surface area contributed by atoms with Crippen LogP contribution in [0.3, 0.4) is 0 Å². The second kappa shape index (κ2) is 7.49. The third kappa shape index (κ3) is 3.82. The first kappa shape index (κ1) is 16.5. The maximum atomic E-state index is 5.38. The number of morpholine rings is 1. The minimum Gasteiger partial charge on any atom is -0.378 e. The van der Waals surface area contributed by atoms with Crippen LogP contribution in [0, 0.1) is 0 Å². The molecular weight excluding hydrogens is 386 g/mol. The first-order valence-electron chi connectivity index (χ1n) is 8.43. The lowest BCUT2D eigenvalue weighted by atomic mass is 10.3. The zero-order valence-corrected chi connectivity index (χ0v) is 15.5. The second-order valence-corrected chi connectivity index (χ2v) is 6.94. The van der Waals surface area contributed by atoms with Gasteiger partial charge in [0.2, 0.25) is 5.95 Å². The summed E-state index contributed by atoms with van der Waals surface area (Å²) in [5.74, 6) is 2.62. The third-order valence-electron chi connectivity index (χ3n) is 4.46. The van der Waals surface area contributed by atoms with Crippen molar-refractivity contribution in [3.8, 4) is 0 Å². The zero-order chi connectivity index (χ0) is 17.1. The second-order valence-electron chi connectivity index (χ2n) is 6.02. The number of aromatic nitrogens is 4. The van der Waals surface area contributed by atoms with Gasteiger partial charge in [-0.15, -0.1) is 10.2 Å². The molecule has 4 heterocycles. The van der Waals surface area contributed by atoms with Crippen molar-refractivity contribution >= 4 is 33.5 Å². The minimum atomic E-state index is 0.753. The van der Waals surface area contributed by atoms with Crippen LogP contribution in [0.25, 0.3) is 0 Å². The van der Waals surface area contributed by atoms with Crippen LogP contribution in [0.4, 0.5) is 17.6 Å². The molecule has 0 aromatic carbocycles. The molecule has 2 aromatic heterocycles. The van der Waals surface area contributed by atoms with E-state index in [2.05, 4.69) is 62.9 Å². The van der Waals surface area contributed by atoms with Crippen molar-refractivity contribution in [2.75, 3.05) is 67.2 Å². The normalized spacial score (nSPS) is 18.5. The van der Waals surface area contributed by atoms with Crippen molar-refractivity contribution < 1.29 is 4.74 Å². The fraction of sp³-hybridized carbons (Fsp3) is 0.500. The summed E-state index contributed by atoms with van der Waals surface area (Å²) in [5, 5.41) is 8.82. The van der Waals surface area contributed by atoms with Crippen LogP contribution < -0.4 is 14.7 Å². The zero-order valence-electron chi connectivity index (χ0n) is 13.9. The smallest absolute Gasteiger partial charge is 0.225 e. The van der Waals surface area contributed by atoms with Crippen LogP contribution in [-0.2, 0) is 4.74 Å². The summed E-state index contributed by atoms with van der Waals surface area (Å²) in [6.45, 7) is 6.76. The predicted octanol–water partition coefficient (Wildman–Crippen LogP) is 1.19. The van der Waals surface area contributed by atoms with E-state index in [1.54, 1.807) is 12.4 Å². The van der Waals surface area contributed by atoms with Crippen molar-refractivity contribution in [1.82, 2.24) is 20.2 Å². The van der Waals surface area contributed by atoms with E-state index >= 15 is 0 Å². The summed E-state index contributed by atoms with van der Waals surface area (Å²) in [5.41, 5.74) is 0. The lowest BCUT2D eigenvalue weighted by Gasteiger charge is -2.35. The summed E-state index contributed by atoms with van der Waals surface area (Å²) < 4.78 is 6.27.